The fraction of sp³-hybridized carbons (Fsp3) is 0.222. The van der Waals surface area contributed by atoms with Crippen LogP contribution in [0.3, 0.4) is 0 Å². The highest BCUT2D eigenvalue weighted by Gasteiger charge is 2.61. The second-order valence-electron chi connectivity index (χ2n) is 26.3. The first kappa shape index (κ1) is 81.1. The van der Waals surface area contributed by atoms with Gasteiger partial charge in [0.25, 0.3) is 0 Å². The van der Waals surface area contributed by atoms with Gasteiger partial charge in [0.15, 0.2) is 55.3 Å². The summed E-state index contributed by atoms with van der Waals surface area (Å²) in [6, 6.07) is 76.6. The molecule has 3 saturated heterocycles. The van der Waals surface area contributed by atoms with Crippen molar-refractivity contribution in [3.05, 3.63) is 359 Å². The molecule has 0 radical (unpaired) electrons. The monoisotopic (exact) mass is 1590 g/mol. The summed E-state index contributed by atoms with van der Waals surface area (Å²) in [6.45, 7) is -0.761. The Morgan fingerprint density at radius 3 is 0.672 bits per heavy atom. The summed E-state index contributed by atoms with van der Waals surface area (Å²) >= 11 is 1.12. The summed E-state index contributed by atoms with van der Waals surface area (Å²) in [5.41, 5.74) is -1.44. The van der Waals surface area contributed by atoms with E-state index in [1.54, 1.807) is 153 Å². The van der Waals surface area contributed by atoms with E-state index in [2.05, 4.69) is 0 Å². The number of hydrogen-bond acceptors (Lipinski definition) is 26. The summed E-state index contributed by atoms with van der Waals surface area (Å²) < 4.78 is 99.5. The van der Waals surface area contributed by atoms with Crippen LogP contribution in [0.15, 0.2) is 303 Å². The Morgan fingerprint density at radius 1 is 0.233 bits per heavy atom. The van der Waals surface area contributed by atoms with Crippen molar-refractivity contribution in [2.45, 2.75) is 98.2 Å². The maximum absolute atomic E-state index is 15.5. The molecule has 116 heavy (non-hydrogen) atoms. The maximum atomic E-state index is 15.5. The lowest BCUT2D eigenvalue weighted by atomic mass is 9.95. The van der Waals surface area contributed by atoms with Crippen LogP contribution in [0.25, 0.3) is 0 Å². The normalized spacial score (nSPS) is 22.8. The molecule has 10 aromatic carbocycles. The predicted octanol–water partition coefficient (Wildman–Crippen LogP) is 12.8. The molecule has 0 saturated carbocycles. The molecule has 592 valence electrons. The molecule has 26 heteroatoms. The molecule has 0 N–H and O–H groups in total. The van der Waals surface area contributed by atoms with Crippen LogP contribution in [0, 0.1) is 0 Å². The van der Waals surface area contributed by atoms with Crippen LogP contribution >= 0.6 is 11.8 Å². The highest BCUT2D eigenvalue weighted by atomic mass is 32.2. The quantitative estimate of drug-likeness (QED) is 0.0310. The second-order valence-corrected chi connectivity index (χ2v) is 27.7. The van der Waals surface area contributed by atoms with Crippen molar-refractivity contribution in [2.75, 3.05) is 25.6 Å². The van der Waals surface area contributed by atoms with Gasteiger partial charge in [-0.05, 0) is 127 Å². The van der Waals surface area contributed by atoms with Crippen LogP contribution in [-0.4, -0.2) is 177 Å². The van der Waals surface area contributed by atoms with Gasteiger partial charge >= 0.3 is 59.7 Å². The zero-order valence-corrected chi connectivity index (χ0v) is 62.8. The van der Waals surface area contributed by atoms with E-state index in [1.807, 2.05) is 0 Å². The average molecular weight is 1590 g/mol. The third kappa shape index (κ3) is 20.7. The largest absolute Gasteiger partial charge is 0.459 e. The summed E-state index contributed by atoms with van der Waals surface area (Å²) in [4.78, 5) is 149. The zero-order valence-electron chi connectivity index (χ0n) is 62.0. The number of rotatable bonds is 29. The van der Waals surface area contributed by atoms with E-state index in [4.69, 9.17) is 71.1 Å². The number of ether oxygens (including phenoxy) is 15. The van der Waals surface area contributed by atoms with E-state index >= 15 is 24.0 Å². The summed E-state index contributed by atoms with van der Waals surface area (Å²) in [5, 5.41) is 0. The minimum absolute atomic E-state index is 0.00131. The van der Waals surface area contributed by atoms with Crippen molar-refractivity contribution in [2.24, 2.45) is 0 Å². The van der Waals surface area contributed by atoms with Gasteiger partial charge in [-0.15, -0.1) is 11.8 Å². The molecule has 3 aliphatic heterocycles. The maximum Gasteiger partial charge on any atom is 0.338 e. The summed E-state index contributed by atoms with van der Waals surface area (Å²) in [7, 11) is 0. The molecule has 3 heterocycles. The summed E-state index contributed by atoms with van der Waals surface area (Å²) in [6.07, 6.45) is -28.2. The molecule has 6 unspecified atom stereocenters. The van der Waals surface area contributed by atoms with Crippen LogP contribution in [0.4, 0.5) is 0 Å². The Bertz CT molecular complexity index is 4950. The smallest absolute Gasteiger partial charge is 0.338 e. The van der Waals surface area contributed by atoms with E-state index in [0.29, 0.717) is 0 Å². The van der Waals surface area contributed by atoms with Gasteiger partial charge in [-0.1, -0.05) is 189 Å². The Hall–Kier alpha value is -13.0. The molecule has 0 amide bonds. The molecular weight excluding hydrogens is 1510 g/mol. The van der Waals surface area contributed by atoms with Crippen molar-refractivity contribution in [3.63, 3.8) is 0 Å². The lowest BCUT2D eigenvalue weighted by Crippen LogP contribution is -2.69. The van der Waals surface area contributed by atoms with E-state index in [9.17, 15) is 24.0 Å². The van der Waals surface area contributed by atoms with Crippen LogP contribution in [0.1, 0.15) is 111 Å². The highest BCUT2D eigenvalue weighted by molar-refractivity contribution is 7.99. The molecule has 0 aromatic heterocycles. The molecule has 3 aliphatic rings. The average Bonchev–Trinajstić information content (AvgIpc) is 0.753. The first-order valence-corrected chi connectivity index (χ1v) is 38.1. The fourth-order valence-electron chi connectivity index (χ4n) is 12.9. The van der Waals surface area contributed by atoms with E-state index in [-0.39, 0.29) is 61.4 Å². The standard InChI is InChI=1S/C90H76O25S/c1-2-116-90-77(113-87(100)65-51-31-12-32-52-65)74(110-84(97)62-45-25-9-26-46-62)71(68(106-90)55-103-80(93)58-37-17-5-18-38-58)115-89-76(112-86(99)64-49-29-11-30-50-64)73(109-83(96)61-43-23-8-24-44-61)70(67(105-89)54-102-79(92)57-35-15-4-16-36-57)114-88-75(111-85(98)63-47-27-10-28-48-63)72(108-82(95)60-41-21-7-22-42-60)69(107-81(94)59-39-19-6-20-40-59)66(104-88)53-101-78(91)56-33-13-3-14-34-56/h3-52,66-77,88-90H,2,53-55H2,1H3/t66?,67?,68?,69-,70-,71-,72+,73+,74+,75+,76?,77?,88?,89+,90+/m1/s1. The first-order valence-electron chi connectivity index (χ1n) is 37.0. The minimum atomic E-state index is -2.28. The molecule has 0 spiro atoms. The molecular formula is C90H76O25S. The Morgan fingerprint density at radius 2 is 0.422 bits per heavy atom. The van der Waals surface area contributed by atoms with Crippen LogP contribution in [0.5, 0.6) is 0 Å². The van der Waals surface area contributed by atoms with E-state index in [0.717, 1.165) is 11.8 Å². The van der Waals surface area contributed by atoms with Gasteiger partial charge in [0.05, 0.1) is 55.6 Å². The molecule has 10 aromatic rings. The van der Waals surface area contributed by atoms with Crippen LogP contribution < -0.4 is 0 Å². The fourth-order valence-corrected chi connectivity index (χ4v) is 13.9. The van der Waals surface area contributed by atoms with Crippen molar-refractivity contribution in [1.29, 1.82) is 0 Å². The van der Waals surface area contributed by atoms with Gasteiger partial charge in [0.2, 0.25) is 0 Å². The lowest BCUT2D eigenvalue weighted by Gasteiger charge is -2.50. The molecule has 3 fully saturated rings. The molecule has 25 nitrogen and oxygen atoms in total. The van der Waals surface area contributed by atoms with Gasteiger partial charge in [0.1, 0.15) is 55.8 Å². The van der Waals surface area contributed by atoms with E-state index < -0.39 is 171 Å². The Kier molecular flexibility index (Phi) is 27.7. The van der Waals surface area contributed by atoms with Crippen molar-refractivity contribution in [3.8, 4) is 0 Å². The Labute approximate surface area is 669 Å². The lowest BCUT2D eigenvalue weighted by molar-refractivity contribution is -0.368. The van der Waals surface area contributed by atoms with Gasteiger partial charge < -0.3 is 71.1 Å². The minimum Gasteiger partial charge on any atom is -0.459 e. The third-order valence-corrected chi connectivity index (χ3v) is 19.7. The van der Waals surface area contributed by atoms with Gasteiger partial charge in [-0.2, -0.15) is 0 Å². The number of carbonyl (C=O) groups excluding carboxylic acids is 10. The highest BCUT2D eigenvalue weighted by Crippen LogP contribution is 2.41. The topological polar surface area (TPSA) is 309 Å². The van der Waals surface area contributed by atoms with Crippen LogP contribution in [0.2, 0.25) is 0 Å². The number of hydrogen-bond donors (Lipinski definition) is 0. The number of carbonyl (C=O) groups is 10. The van der Waals surface area contributed by atoms with Gasteiger partial charge in [-0.3, -0.25) is 0 Å². The van der Waals surface area contributed by atoms with Crippen LogP contribution in [-0.2, 0) is 71.1 Å². The third-order valence-electron chi connectivity index (χ3n) is 18.6. The zero-order chi connectivity index (χ0) is 80.7. The SMILES string of the molecule is CCS[C@@H]1OC(COC(=O)c2ccccc2)[C@@H](O[C@@H]2OC(COC(=O)c3ccccc3)[C@@H](OC3OC(COC(=O)c4ccccc4)[C@@H](OC(=O)c4ccccc4)[C@H](OC(=O)c4ccccc4)[C@@H]3OC(=O)c3ccccc3)[C@H](OC(=O)c3ccccc3)C2OC(=O)c2ccccc2)[C@H](OC(=O)c2ccccc2)C1OC(=O)c1ccccc1. The van der Waals surface area contributed by atoms with Crippen molar-refractivity contribution >= 4 is 71.5 Å². The first-order chi connectivity index (χ1) is 56.6. The number of benzene rings is 10. The molecule has 0 aliphatic carbocycles. The predicted molar refractivity (Wildman–Crippen MR) is 414 cm³/mol. The van der Waals surface area contributed by atoms with E-state index in [1.165, 1.54) is 158 Å². The number of thioether (sulfide) groups is 1. The molecule has 13 rings (SSSR count). The van der Waals surface area contributed by atoms with Crippen molar-refractivity contribution < 1.29 is 119 Å². The van der Waals surface area contributed by atoms with Gasteiger partial charge in [-0.25, -0.2) is 47.9 Å². The molecule has 0 bridgehead atoms. The summed E-state index contributed by atoms with van der Waals surface area (Å²) in [5.74, 6) is -9.92. The molecule has 15 atom stereocenters. The van der Waals surface area contributed by atoms with Gasteiger partial charge in [0, 0.05) is 0 Å². The second kappa shape index (κ2) is 39.7. The number of esters is 10. The van der Waals surface area contributed by atoms with Crippen molar-refractivity contribution in [1.82, 2.24) is 0 Å². The Balaban J connectivity index is 1.01.